The summed E-state index contributed by atoms with van der Waals surface area (Å²) in [7, 11) is 2.08. The van der Waals surface area contributed by atoms with E-state index in [9.17, 15) is 0 Å². The molecule has 0 aliphatic rings. The van der Waals surface area contributed by atoms with Crippen molar-refractivity contribution in [3.63, 3.8) is 0 Å². The lowest BCUT2D eigenvalue weighted by molar-refractivity contribution is 0.621. The highest BCUT2D eigenvalue weighted by Crippen LogP contribution is 2.18. The number of hydrogen-bond acceptors (Lipinski definition) is 3. The number of hydrogen-bond donors (Lipinski definition) is 0. The first-order chi connectivity index (χ1) is 9.08. The van der Waals surface area contributed by atoms with Gasteiger partial charge in [-0.1, -0.05) is 0 Å². The lowest BCUT2D eigenvalue weighted by atomic mass is 10.3. The van der Waals surface area contributed by atoms with Crippen LogP contribution in [0.25, 0.3) is 0 Å². The summed E-state index contributed by atoms with van der Waals surface area (Å²) in [6, 6.07) is 4.09. The van der Waals surface area contributed by atoms with E-state index in [0.29, 0.717) is 0 Å². The molecular formula is C14H19BrN4. The van der Waals surface area contributed by atoms with E-state index in [1.165, 1.54) is 0 Å². The van der Waals surface area contributed by atoms with Gasteiger partial charge in [0.25, 0.3) is 0 Å². The van der Waals surface area contributed by atoms with Crippen LogP contribution in [-0.2, 0) is 6.54 Å². The Morgan fingerprint density at radius 3 is 2.74 bits per heavy atom. The van der Waals surface area contributed by atoms with Crippen LogP contribution in [0.3, 0.4) is 0 Å². The Balaban J connectivity index is 1.89. The molecule has 2 aromatic rings. The lowest BCUT2D eigenvalue weighted by Crippen LogP contribution is -2.21. The number of aromatic nitrogens is 3. The van der Waals surface area contributed by atoms with E-state index in [0.717, 1.165) is 41.3 Å². The predicted molar refractivity (Wildman–Crippen MR) is 81.5 cm³/mol. The molecule has 4 nitrogen and oxygen atoms in total. The minimum absolute atomic E-state index is 0.978. The Bertz CT molecular complexity index is 550. The topological polar surface area (TPSA) is 34.0 Å². The first kappa shape index (κ1) is 14.1. The van der Waals surface area contributed by atoms with Crippen LogP contribution < -0.4 is 4.90 Å². The van der Waals surface area contributed by atoms with Gasteiger partial charge >= 0.3 is 0 Å². The van der Waals surface area contributed by atoms with Crippen LogP contribution in [0, 0.1) is 13.8 Å². The molecule has 0 aromatic carbocycles. The zero-order chi connectivity index (χ0) is 13.8. The summed E-state index contributed by atoms with van der Waals surface area (Å²) in [5.74, 6) is 2.09. The molecule has 0 aliphatic carbocycles. The number of rotatable bonds is 5. The van der Waals surface area contributed by atoms with Crippen molar-refractivity contribution in [2.45, 2.75) is 26.8 Å². The summed E-state index contributed by atoms with van der Waals surface area (Å²) in [4.78, 5) is 11.0. The normalized spacial score (nSPS) is 10.7. The average Bonchev–Trinajstić information content (AvgIpc) is 2.78. The Morgan fingerprint density at radius 2 is 2.11 bits per heavy atom. The number of imidazole rings is 1. The maximum atomic E-state index is 4.57. The SMILES string of the molecule is Cc1nc(N(C)CCCn2ccnc2C)ccc1Br. The molecule has 0 radical (unpaired) electrons. The molecule has 2 heterocycles. The fraction of sp³-hybridized carbons (Fsp3) is 0.429. The van der Waals surface area contributed by atoms with Gasteiger partial charge in [0.1, 0.15) is 11.6 Å². The molecule has 0 saturated carbocycles. The summed E-state index contributed by atoms with van der Waals surface area (Å²) >= 11 is 3.47. The second-order valence-electron chi connectivity index (χ2n) is 4.68. The van der Waals surface area contributed by atoms with Crippen molar-refractivity contribution in [2.75, 3.05) is 18.5 Å². The third-order valence-corrected chi connectivity index (χ3v) is 4.05. The van der Waals surface area contributed by atoms with Crippen LogP contribution in [0.5, 0.6) is 0 Å². The van der Waals surface area contributed by atoms with E-state index in [1.807, 2.05) is 38.4 Å². The van der Waals surface area contributed by atoms with E-state index in [2.05, 4.69) is 42.4 Å². The molecular weight excluding hydrogens is 304 g/mol. The van der Waals surface area contributed by atoms with Gasteiger partial charge in [-0.25, -0.2) is 9.97 Å². The van der Waals surface area contributed by atoms with Gasteiger partial charge in [0.15, 0.2) is 0 Å². The number of pyridine rings is 1. The molecule has 2 rings (SSSR count). The van der Waals surface area contributed by atoms with Gasteiger partial charge in [-0.2, -0.15) is 0 Å². The first-order valence-corrected chi connectivity index (χ1v) is 7.19. The Labute approximate surface area is 122 Å². The van der Waals surface area contributed by atoms with Gasteiger partial charge in [-0.15, -0.1) is 0 Å². The van der Waals surface area contributed by atoms with Crippen molar-refractivity contribution in [1.29, 1.82) is 0 Å². The average molecular weight is 323 g/mol. The lowest BCUT2D eigenvalue weighted by Gasteiger charge is -2.19. The molecule has 19 heavy (non-hydrogen) atoms. The van der Waals surface area contributed by atoms with Crippen LogP contribution in [0.15, 0.2) is 29.0 Å². The fourth-order valence-electron chi connectivity index (χ4n) is 1.98. The van der Waals surface area contributed by atoms with Crippen molar-refractivity contribution >= 4 is 21.7 Å². The Hall–Kier alpha value is -1.36. The van der Waals surface area contributed by atoms with E-state index in [-0.39, 0.29) is 0 Å². The maximum absolute atomic E-state index is 4.57. The van der Waals surface area contributed by atoms with E-state index in [4.69, 9.17) is 0 Å². The number of halogens is 1. The molecule has 0 N–H and O–H groups in total. The molecule has 0 amide bonds. The number of nitrogens with zero attached hydrogens (tertiary/aromatic N) is 4. The van der Waals surface area contributed by atoms with E-state index in [1.54, 1.807) is 0 Å². The minimum atomic E-state index is 0.978. The first-order valence-electron chi connectivity index (χ1n) is 6.40. The van der Waals surface area contributed by atoms with Gasteiger partial charge in [-0.3, -0.25) is 0 Å². The standard InChI is InChI=1S/C14H19BrN4/c1-11-13(15)5-6-14(17-11)18(3)8-4-9-19-10-7-16-12(19)2/h5-7,10H,4,8-9H2,1-3H3. The summed E-state index contributed by atoms with van der Waals surface area (Å²) < 4.78 is 3.23. The predicted octanol–water partition coefficient (Wildman–Crippen LogP) is 3.18. The van der Waals surface area contributed by atoms with Crippen molar-refractivity contribution < 1.29 is 0 Å². The molecule has 2 aromatic heterocycles. The quantitative estimate of drug-likeness (QED) is 0.847. The van der Waals surface area contributed by atoms with Crippen molar-refractivity contribution in [2.24, 2.45) is 0 Å². The molecule has 0 spiro atoms. The van der Waals surface area contributed by atoms with Gasteiger partial charge in [-0.05, 0) is 48.3 Å². The van der Waals surface area contributed by atoms with Crippen LogP contribution in [0.2, 0.25) is 0 Å². The van der Waals surface area contributed by atoms with Crippen LogP contribution in [-0.4, -0.2) is 28.1 Å². The summed E-state index contributed by atoms with van der Waals surface area (Å²) in [5.41, 5.74) is 1.02. The van der Waals surface area contributed by atoms with Gasteiger partial charge < -0.3 is 9.47 Å². The second kappa shape index (κ2) is 6.19. The van der Waals surface area contributed by atoms with Crippen LogP contribution >= 0.6 is 15.9 Å². The van der Waals surface area contributed by atoms with Crippen LogP contribution in [0.4, 0.5) is 5.82 Å². The summed E-state index contributed by atoms with van der Waals surface area (Å²) in [6.07, 6.45) is 4.94. The zero-order valence-electron chi connectivity index (χ0n) is 11.6. The zero-order valence-corrected chi connectivity index (χ0v) is 13.2. The molecule has 5 heteroatoms. The monoisotopic (exact) mass is 322 g/mol. The molecule has 0 bridgehead atoms. The van der Waals surface area contributed by atoms with Crippen molar-refractivity contribution in [3.05, 3.63) is 40.5 Å². The molecule has 102 valence electrons. The largest absolute Gasteiger partial charge is 0.360 e. The van der Waals surface area contributed by atoms with E-state index < -0.39 is 0 Å². The Morgan fingerprint density at radius 1 is 1.32 bits per heavy atom. The molecule has 0 fully saturated rings. The highest BCUT2D eigenvalue weighted by Gasteiger charge is 2.05. The third-order valence-electron chi connectivity index (χ3n) is 3.21. The molecule has 0 atom stereocenters. The third kappa shape index (κ3) is 3.56. The van der Waals surface area contributed by atoms with Gasteiger partial charge in [0.05, 0.1) is 5.69 Å². The summed E-state index contributed by atoms with van der Waals surface area (Å²) in [6.45, 7) is 6.01. The van der Waals surface area contributed by atoms with Gasteiger partial charge in [0.2, 0.25) is 0 Å². The smallest absolute Gasteiger partial charge is 0.128 e. The molecule has 0 unspecified atom stereocenters. The minimum Gasteiger partial charge on any atom is -0.360 e. The molecule has 0 saturated heterocycles. The maximum Gasteiger partial charge on any atom is 0.128 e. The van der Waals surface area contributed by atoms with Crippen molar-refractivity contribution in [1.82, 2.24) is 14.5 Å². The number of anilines is 1. The van der Waals surface area contributed by atoms with E-state index >= 15 is 0 Å². The Kier molecular flexibility index (Phi) is 4.58. The molecule has 0 aliphatic heterocycles. The second-order valence-corrected chi connectivity index (χ2v) is 5.53. The number of aryl methyl sites for hydroxylation is 3. The summed E-state index contributed by atoms with van der Waals surface area (Å²) in [5, 5.41) is 0. The van der Waals surface area contributed by atoms with Crippen molar-refractivity contribution in [3.8, 4) is 0 Å². The van der Waals surface area contributed by atoms with Crippen LogP contribution in [0.1, 0.15) is 17.9 Å². The highest BCUT2D eigenvalue weighted by atomic mass is 79.9. The fourth-order valence-corrected chi connectivity index (χ4v) is 2.20. The highest BCUT2D eigenvalue weighted by molar-refractivity contribution is 9.10. The van der Waals surface area contributed by atoms with Gasteiger partial charge in [0, 0.05) is 37.0 Å².